The highest BCUT2D eigenvalue weighted by molar-refractivity contribution is 6.04. The fourth-order valence-corrected chi connectivity index (χ4v) is 4.43. The second-order valence-electron chi connectivity index (χ2n) is 9.23. The van der Waals surface area contributed by atoms with Gasteiger partial charge in [0.15, 0.2) is 0 Å². The summed E-state index contributed by atoms with van der Waals surface area (Å²) >= 11 is 0. The molecule has 2 aliphatic rings. The third-order valence-electron chi connectivity index (χ3n) is 6.30. The standard InChI is InChI=1S/C27H34N2O2/c1-20-17-26(22-7-5-8-23(18-22)29(3)4)28-25(20)13-16-30-24-11-9-21(10-12-24)19-27(2)14-6-15-31-27/h5,7-12,18H,6,13-17,19H2,1-4H3. The lowest BCUT2D eigenvalue weighted by Gasteiger charge is -2.23. The van der Waals surface area contributed by atoms with Crippen LogP contribution in [0.15, 0.2) is 64.8 Å². The highest BCUT2D eigenvalue weighted by atomic mass is 16.5. The molecule has 1 saturated heterocycles. The average Bonchev–Trinajstić information content (AvgIpc) is 3.35. The van der Waals surface area contributed by atoms with Crippen molar-refractivity contribution < 1.29 is 9.47 Å². The van der Waals surface area contributed by atoms with Gasteiger partial charge in [0.1, 0.15) is 5.75 Å². The molecule has 2 aromatic rings. The highest BCUT2D eigenvalue weighted by Crippen LogP contribution is 2.30. The van der Waals surface area contributed by atoms with Crippen LogP contribution in [0, 0.1) is 0 Å². The van der Waals surface area contributed by atoms with Gasteiger partial charge in [-0.25, -0.2) is 0 Å². The van der Waals surface area contributed by atoms with E-state index in [4.69, 9.17) is 14.5 Å². The summed E-state index contributed by atoms with van der Waals surface area (Å²) in [4.78, 5) is 7.06. The predicted octanol–water partition coefficient (Wildman–Crippen LogP) is 5.80. The maximum atomic E-state index is 6.02. The van der Waals surface area contributed by atoms with Crippen LogP contribution in [0.2, 0.25) is 0 Å². The second kappa shape index (κ2) is 9.27. The number of nitrogens with zero attached hydrogens (tertiary/aromatic N) is 2. The van der Waals surface area contributed by atoms with E-state index < -0.39 is 0 Å². The lowest BCUT2D eigenvalue weighted by atomic mass is 9.94. The summed E-state index contributed by atoms with van der Waals surface area (Å²) in [5.41, 5.74) is 7.37. The molecule has 0 bridgehead atoms. The van der Waals surface area contributed by atoms with Crippen molar-refractivity contribution in [3.05, 3.63) is 70.9 Å². The van der Waals surface area contributed by atoms with Crippen molar-refractivity contribution >= 4 is 11.4 Å². The number of aliphatic imine (C=N–C) groups is 1. The fraction of sp³-hybridized carbons (Fsp3) is 0.444. The number of ether oxygens (including phenoxy) is 2. The molecule has 4 heteroatoms. The number of rotatable bonds is 8. The van der Waals surface area contributed by atoms with Gasteiger partial charge >= 0.3 is 0 Å². The molecule has 0 saturated carbocycles. The molecule has 2 aromatic carbocycles. The Labute approximate surface area is 186 Å². The van der Waals surface area contributed by atoms with Gasteiger partial charge in [-0.2, -0.15) is 0 Å². The van der Waals surface area contributed by atoms with Crippen molar-refractivity contribution in [2.75, 3.05) is 32.2 Å². The Morgan fingerprint density at radius 3 is 2.65 bits per heavy atom. The van der Waals surface area contributed by atoms with Gasteiger partial charge in [-0.05, 0) is 67.7 Å². The van der Waals surface area contributed by atoms with Gasteiger partial charge in [0.25, 0.3) is 0 Å². The molecule has 0 aromatic heterocycles. The Morgan fingerprint density at radius 2 is 1.94 bits per heavy atom. The SMILES string of the molecule is CC1=C(CCOc2ccc(CC3(C)CCCO3)cc2)N=C(c2cccc(N(C)C)c2)C1. The van der Waals surface area contributed by atoms with Crippen LogP contribution in [-0.2, 0) is 11.2 Å². The van der Waals surface area contributed by atoms with Crippen LogP contribution in [0.1, 0.15) is 50.7 Å². The first kappa shape index (κ1) is 21.6. The molecular formula is C27H34N2O2. The van der Waals surface area contributed by atoms with Crippen LogP contribution in [0.5, 0.6) is 5.75 Å². The maximum Gasteiger partial charge on any atom is 0.119 e. The van der Waals surface area contributed by atoms with Gasteiger partial charge in [0, 0.05) is 51.3 Å². The monoisotopic (exact) mass is 418 g/mol. The van der Waals surface area contributed by atoms with Crippen molar-refractivity contribution in [2.24, 2.45) is 4.99 Å². The van der Waals surface area contributed by atoms with Crippen LogP contribution in [0.25, 0.3) is 0 Å². The minimum absolute atomic E-state index is 0.00335. The van der Waals surface area contributed by atoms with Crippen LogP contribution >= 0.6 is 0 Å². The third-order valence-corrected chi connectivity index (χ3v) is 6.30. The number of anilines is 1. The zero-order valence-corrected chi connectivity index (χ0v) is 19.3. The van der Waals surface area contributed by atoms with Crippen molar-refractivity contribution in [1.82, 2.24) is 0 Å². The van der Waals surface area contributed by atoms with Crippen molar-refractivity contribution in [2.45, 2.75) is 51.6 Å². The van der Waals surface area contributed by atoms with Crippen molar-refractivity contribution in [3.63, 3.8) is 0 Å². The summed E-state index contributed by atoms with van der Waals surface area (Å²) in [6.07, 6.45) is 5.02. The molecule has 1 unspecified atom stereocenters. The normalized spacial score (nSPS) is 20.8. The molecule has 0 N–H and O–H groups in total. The van der Waals surface area contributed by atoms with E-state index in [9.17, 15) is 0 Å². The van der Waals surface area contributed by atoms with Crippen molar-refractivity contribution in [3.8, 4) is 5.75 Å². The number of benzene rings is 2. The van der Waals surface area contributed by atoms with Gasteiger partial charge < -0.3 is 14.4 Å². The van der Waals surface area contributed by atoms with Crippen LogP contribution in [-0.4, -0.2) is 38.6 Å². The summed E-state index contributed by atoms with van der Waals surface area (Å²) in [6, 6.07) is 17.1. The van der Waals surface area contributed by atoms with Gasteiger partial charge in [-0.3, -0.25) is 4.99 Å². The quantitative estimate of drug-likeness (QED) is 0.543. The van der Waals surface area contributed by atoms with E-state index in [0.29, 0.717) is 6.61 Å². The smallest absolute Gasteiger partial charge is 0.119 e. The molecule has 0 aliphatic carbocycles. The van der Waals surface area contributed by atoms with Gasteiger partial charge in [-0.1, -0.05) is 24.3 Å². The van der Waals surface area contributed by atoms with E-state index in [1.54, 1.807) is 0 Å². The Bertz CT molecular complexity index is 967. The molecule has 1 atom stereocenters. The molecular weight excluding hydrogens is 384 g/mol. The van der Waals surface area contributed by atoms with Crippen LogP contribution in [0.4, 0.5) is 5.69 Å². The molecule has 1 fully saturated rings. The van der Waals surface area contributed by atoms with E-state index in [2.05, 4.69) is 81.4 Å². The van der Waals surface area contributed by atoms with Gasteiger partial charge in [-0.15, -0.1) is 0 Å². The Morgan fingerprint density at radius 1 is 1.13 bits per heavy atom. The Kier molecular flexibility index (Phi) is 6.47. The van der Waals surface area contributed by atoms with E-state index >= 15 is 0 Å². The first-order chi connectivity index (χ1) is 14.9. The summed E-state index contributed by atoms with van der Waals surface area (Å²) in [7, 11) is 4.13. The fourth-order valence-electron chi connectivity index (χ4n) is 4.43. The maximum absolute atomic E-state index is 6.02. The molecule has 0 spiro atoms. The molecule has 2 heterocycles. The highest BCUT2D eigenvalue weighted by Gasteiger charge is 2.29. The summed E-state index contributed by atoms with van der Waals surface area (Å²) in [5.74, 6) is 0.917. The van der Waals surface area contributed by atoms with Gasteiger partial charge in [0.05, 0.1) is 17.9 Å². The average molecular weight is 419 g/mol. The summed E-state index contributed by atoms with van der Waals surface area (Å²) in [5, 5.41) is 0. The zero-order valence-electron chi connectivity index (χ0n) is 19.3. The zero-order chi connectivity index (χ0) is 21.8. The molecule has 0 amide bonds. The molecule has 164 valence electrons. The van der Waals surface area contributed by atoms with Crippen LogP contribution < -0.4 is 9.64 Å². The number of hydrogen-bond donors (Lipinski definition) is 0. The van der Waals surface area contributed by atoms with Gasteiger partial charge in [0.2, 0.25) is 0 Å². The molecule has 4 rings (SSSR count). The molecule has 2 aliphatic heterocycles. The predicted molar refractivity (Wildman–Crippen MR) is 128 cm³/mol. The summed E-state index contributed by atoms with van der Waals surface area (Å²) < 4.78 is 11.9. The Hall–Kier alpha value is -2.59. The lowest BCUT2D eigenvalue weighted by Crippen LogP contribution is -2.25. The third kappa shape index (κ3) is 5.37. The molecule has 0 radical (unpaired) electrons. The molecule has 31 heavy (non-hydrogen) atoms. The largest absolute Gasteiger partial charge is 0.493 e. The first-order valence-electron chi connectivity index (χ1n) is 11.3. The van der Waals surface area contributed by atoms with E-state index in [-0.39, 0.29) is 5.60 Å². The minimum Gasteiger partial charge on any atom is -0.493 e. The Balaban J connectivity index is 1.31. The first-order valence-corrected chi connectivity index (χ1v) is 11.3. The minimum atomic E-state index is -0.00335. The van der Waals surface area contributed by atoms with Crippen LogP contribution in [0.3, 0.4) is 0 Å². The van der Waals surface area contributed by atoms with Crippen molar-refractivity contribution in [1.29, 1.82) is 0 Å². The number of hydrogen-bond acceptors (Lipinski definition) is 4. The van der Waals surface area contributed by atoms with E-state index in [1.165, 1.54) is 22.4 Å². The lowest BCUT2D eigenvalue weighted by molar-refractivity contribution is 0.0207. The topological polar surface area (TPSA) is 34.1 Å². The number of allylic oxidation sites excluding steroid dienone is 1. The second-order valence-corrected chi connectivity index (χ2v) is 9.23. The summed E-state index contributed by atoms with van der Waals surface area (Å²) in [6.45, 7) is 5.93. The molecule has 4 nitrogen and oxygen atoms in total. The van der Waals surface area contributed by atoms with E-state index in [1.807, 2.05) is 0 Å². The van der Waals surface area contributed by atoms with E-state index in [0.717, 1.165) is 55.9 Å².